The molecule has 6 atom stereocenters. The van der Waals surface area contributed by atoms with Gasteiger partial charge in [0.15, 0.2) is 16.6 Å². The number of ether oxygens (including phenoxy) is 1. The molecule has 0 aromatic heterocycles. The molecule has 3 rings (SSSR count). The average Bonchev–Trinajstić information content (AvgIpc) is 2.97. The van der Waals surface area contributed by atoms with Crippen molar-refractivity contribution in [1.82, 2.24) is 0 Å². The summed E-state index contributed by atoms with van der Waals surface area (Å²) in [6.07, 6.45) is 2.95. The van der Waals surface area contributed by atoms with Crippen LogP contribution in [0.5, 0.6) is 0 Å². The predicted molar refractivity (Wildman–Crippen MR) is 127 cm³/mol. The smallest absolute Gasteiger partial charge is 0.334 e. The number of esters is 1. The van der Waals surface area contributed by atoms with Crippen LogP contribution in [-0.2, 0) is 18.4 Å². The first-order valence-corrected chi connectivity index (χ1v) is 18.1. The lowest BCUT2D eigenvalue weighted by Crippen LogP contribution is -2.48. The fourth-order valence-corrected chi connectivity index (χ4v) is 8.82. The van der Waals surface area contributed by atoms with Crippen LogP contribution in [0.1, 0.15) is 60.8 Å². The highest BCUT2D eigenvalue weighted by Gasteiger charge is 2.59. The maximum Gasteiger partial charge on any atom is 0.334 e. The minimum absolute atomic E-state index is 0.0995. The Kier molecular flexibility index (Phi) is 6.10. The number of hydrogen-bond acceptors (Lipinski definition) is 4. The summed E-state index contributed by atoms with van der Waals surface area (Å²) < 4.78 is 19.9. The molecular weight excluding hydrogens is 408 g/mol. The van der Waals surface area contributed by atoms with Gasteiger partial charge in [-0.05, 0) is 88.3 Å². The van der Waals surface area contributed by atoms with Gasteiger partial charge in [0.1, 0.15) is 6.10 Å². The molecule has 0 radical (unpaired) electrons. The Morgan fingerprint density at radius 3 is 2.27 bits per heavy atom. The van der Waals surface area contributed by atoms with Gasteiger partial charge in [0.25, 0.3) is 0 Å². The number of rotatable bonds is 4. The van der Waals surface area contributed by atoms with Gasteiger partial charge in [-0.25, -0.2) is 4.79 Å². The number of fused-ring (bicyclic) bond motifs is 3. The summed E-state index contributed by atoms with van der Waals surface area (Å²) in [6, 6.07) is 0. The first kappa shape index (κ1) is 24.2. The van der Waals surface area contributed by atoms with Gasteiger partial charge in [0.2, 0.25) is 0 Å². The molecule has 0 aromatic rings. The highest BCUT2D eigenvalue weighted by Crippen LogP contribution is 2.56. The zero-order valence-electron chi connectivity index (χ0n) is 21.1. The van der Waals surface area contributed by atoms with Crippen molar-refractivity contribution in [3.63, 3.8) is 0 Å². The lowest BCUT2D eigenvalue weighted by atomic mass is 9.77. The lowest BCUT2D eigenvalue weighted by molar-refractivity contribution is -0.144. The monoisotopic (exact) mass is 452 g/mol. The van der Waals surface area contributed by atoms with Crippen molar-refractivity contribution in [2.45, 2.75) is 116 Å². The van der Waals surface area contributed by atoms with Crippen molar-refractivity contribution in [3.05, 3.63) is 11.1 Å². The highest BCUT2D eigenvalue weighted by atomic mass is 28.4. The molecule has 30 heavy (non-hydrogen) atoms. The topological polar surface area (TPSA) is 44.8 Å². The fraction of sp³-hybridized carbons (Fsp3) is 0.875. The van der Waals surface area contributed by atoms with Crippen molar-refractivity contribution >= 4 is 22.6 Å². The third-order valence-corrected chi connectivity index (χ3v) is 13.9. The van der Waals surface area contributed by atoms with E-state index in [0.717, 1.165) is 24.8 Å². The van der Waals surface area contributed by atoms with Crippen LogP contribution in [0.4, 0.5) is 0 Å². The van der Waals surface area contributed by atoms with Crippen molar-refractivity contribution in [3.8, 4) is 0 Å². The number of carbonyl (C=O) groups is 1. The molecule has 0 unspecified atom stereocenters. The lowest BCUT2D eigenvalue weighted by Gasteiger charge is -2.43. The Bertz CT molecular complexity index is 730. The largest absolute Gasteiger partial charge is 0.454 e. The molecule has 0 amide bonds. The quantitative estimate of drug-likeness (QED) is 0.371. The maximum absolute atomic E-state index is 12.5. The molecular formula is C24H44O4Si2. The molecule has 0 N–H and O–H groups in total. The molecule has 0 bridgehead atoms. The zero-order chi connectivity index (χ0) is 22.9. The molecule has 2 aliphatic carbocycles. The molecule has 0 spiro atoms. The summed E-state index contributed by atoms with van der Waals surface area (Å²) >= 11 is 0. The van der Waals surface area contributed by atoms with Crippen molar-refractivity contribution in [1.29, 1.82) is 0 Å². The minimum atomic E-state index is -1.89. The Hall–Kier alpha value is -0.436. The van der Waals surface area contributed by atoms with Crippen LogP contribution in [0.2, 0.25) is 37.8 Å². The summed E-state index contributed by atoms with van der Waals surface area (Å²) in [6.45, 7) is 25.0. The van der Waals surface area contributed by atoms with E-state index in [9.17, 15) is 4.79 Å². The van der Waals surface area contributed by atoms with Crippen LogP contribution < -0.4 is 0 Å². The number of hydrogen-bond donors (Lipinski definition) is 0. The molecule has 1 heterocycles. The van der Waals surface area contributed by atoms with E-state index in [4.69, 9.17) is 13.6 Å². The third kappa shape index (κ3) is 4.26. The second-order valence-electron chi connectivity index (χ2n) is 12.7. The Morgan fingerprint density at radius 2 is 1.73 bits per heavy atom. The van der Waals surface area contributed by atoms with E-state index in [0.29, 0.717) is 11.8 Å². The van der Waals surface area contributed by atoms with Crippen molar-refractivity contribution < 1.29 is 18.4 Å². The minimum Gasteiger partial charge on any atom is -0.454 e. The second kappa shape index (κ2) is 7.56. The summed E-state index contributed by atoms with van der Waals surface area (Å²) in [7, 11) is -3.64. The highest BCUT2D eigenvalue weighted by molar-refractivity contribution is 6.74. The van der Waals surface area contributed by atoms with Crippen LogP contribution >= 0.6 is 0 Å². The van der Waals surface area contributed by atoms with Crippen LogP contribution in [0, 0.1) is 17.8 Å². The zero-order valence-corrected chi connectivity index (χ0v) is 23.1. The van der Waals surface area contributed by atoms with Gasteiger partial charge in [-0.3, -0.25) is 0 Å². The standard InChI is InChI=1S/C24H44O4Si2/c1-15-17-12-13-24(6,28-29(7,8)9)18-14-19(27-30(10,11)23(3,4)5)16(2)20(18)21(17)26-22(15)25/h16,18-21H,12-14H2,1-11H3/t16-,18-,19+,20+,21+,24-/m1/s1. The predicted octanol–water partition coefficient (Wildman–Crippen LogP) is 6.29. The first-order chi connectivity index (χ1) is 13.5. The summed E-state index contributed by atoms with van der Waals surface area (Å²) in [5.74, 6) is 0.824. The Morgan fingerprint density at radius 1 is 1.13 bits per heavy atom. The van der Waals surface area contributed by atoms with Gasteiger partial charge in [0.05, 0.1) is 5.60 Å². The second-order valence-corrected chi connectivity index (χ2v) is 21.9. The van der Waals surface area contributed by atoms with Crippen LogP contribution in [0.3, 0.4) is 0 Å². The van der Waals surface area contributed by atoms with Gasteiger partial charge in [-0.15, -0.1) is 0 Å². The van der Waals surface area contributed by atoms with Gasteiger partial charge < -0.3 is 13.6 Å². The molecule has 2 fully saturated rings. The first-order valence-electron chi connectivity index (χ1n) is 11.8. The van der Waals surface area contributed by atoms with Gasteiger partial charge in [-0.1, -0.05) is 27.7 Å². The number of carbonyl (C=O) groups excluding carboxylic acids is 1. The van der Waals surface area contributed by atoms with Crippen LogP contribution in [-0.4, -0.2) is 40.4 Å². The molecule has 6 heteroatoms. The molecule has 3 aliphatic rings. The molecule has 2 saturated carbocycles. The maximum atomic E-state index is 12.5. The molecule has 172 valence electrons. The summed E-state index contributed by atoms with van der Waals surface area (Å²) in [4.78, 5) is 12.5. The van der Waals surface area contributed by atoms with Gasteiger partial charge >= 0.3 is 5.97 Å². The van der Waals surface area contributed by atoms with Crippen molar-refractivity contribution in [2.24, 2.45) is 17.8 Å². The Balaban J connectivity index is 2.00. The van der Waals surface area contributed by atoms with E-state index in [-0.39, 0.29) is 34.7 Å². The van der Waals surface area contributed by atoms with E-state index < -0.39 is 16.6 Å². The summed E-state index contributed by atoms with van der Waals surface area (Å²) in [5.41, 5.74) is 1.86. The third-order valence-electron chi connectivity index (χ3n) is 8.33. The van der Waals surface area contributed by atoms with E-state index in [1.54, 1.807) is 0 Å². The van der Waals surface area contributed by atoms with Crippen LogP contribution in [0.25, 0.3) is 0 Å². The van der Waals surface area contributed by atoms with E-state index >= 15 is 0 Å². The molecule has 0 aromatic carbocycles. The average molecular weight is 453 g/mol. The van der Waals surface area contributed by atoms with Gasteiger partial charge in [0, 0.05) is 17.6 Å². The Labute approximate surface area is 186 Å². The SMILES string of the molecule is CC1=C2CC[C@@](C)(O[Si](C)(C)C)[C@@H]3C[C@H](O[Si](C)(C)C(C)(C)C)[C@@H](C)[C@@H]3[C@H]2OC1=O. The van der Waals surface area contributed by atoms with E-state index in [1.807, 2.05) is 6.92 Å². The fourth-order valence-electron chi connectivity index (χ4n) is 5.74. The molecule has 4 nitrogen and oxygen atoms in total. The van der Waals surface area contributed by atoms with Gasteiger partial charge in [-0.2, -0.15) is 0 Å². The van der Waals surface area contributed by atoms with E-state index in [2.05, 4.69) is 67.4 Å². The van der Waals surface area contributed by atoms with Crippen LogP contribution in [0.15, 0.2) is 11.1 Å². The molecule has 0 saturated heterocycles. The molecule has 1 aliphatic heterocycles. The normalized spacial score (nSPS) is 37.7. The van der Waals surface area contributed by atoms with Crippen molar-refractivity contribution in [2.75, 3.05) is 0 Å². The summed E-state index contributed by atoms with van der Waals surface area (Å²) in [5, 5.41) is 0.178. The van der Waals surface area contributed by atoms with E-state index in [1.165, 1.54) is 5.57 Å².